The summed E-state index contributed by atoms with van der Waals surface area (Å²) in [4.78, 5) is 35.8. The molecule has 22 heavy (non-hydrogen) atoms. The molecule has 0 unspecified atom stereocenters. The number of primary amides is 1. The van der Waals surface area contributed by atoms with Crippen LogP contribution in [-0.2, 0) is 9.59 Å². The van der Waals surface area contributed by atoms with Gasteiger partial charge in [0.2, 0.25) is 5.91 Å². The average Bonchev–Trinajstić information content (AvgIpc) is 2.74. The van der Waals surface area contributed by atoms with E-state index in [2.05, 4.69) is 0 Å². The fraction of sp³-hybridized carbons (Fsp3) is 0.214. The van der Waals surface area contributed by atoms with Crippen molar-refractivity contribution in [1.82, 2.24) is 4.90 Å². The van der Waals surface area contributed by atoms with Gasteiger partial charge in [0.25, 0.3) is 11.1 Å². The molecule has 1 heterocycles. The van der Waals surface area contributed by atoms with Crippen LogP contribution >= 0.6 is 11.8 Å². The average molecular weight is 322 g/mol. The Morgan fingerprint density at radius 1 is 1.23 bits per heavy atom. The third-order valence-corrected chi connectivity index (χ3v) is 3.77. The van der Waals surface area contributed by atoms with E-state index >= 15 is 0 Å². The van der Waals surface area contributed by atoms with Gasteiger partial charge in [-0.3, -0.25) is 19.3 Å². The molecule has 0 spiro atoms. The van der Waals surface area contributed by atoms with E-state index in [-0.39, 0.29) is 4.91 Å². The van der Waals surface area contributed by atoms with Gasteiger partial charge in [-0.05, 0) is 35.5 Å². The second-order valence-corrected chi connectivity index (χ2v) is 5.37. The molecule has 7 nitrogen and oxygen atoms in total. The van der Waals surface area contributed by atoms with Crippen LogP contribution in [0.5, 0.6) is 11.5 Å². The number of nitrogens with zero attached hydrogens (tertiary/aromatic N) is 1. The monoisotopic (exact) mass is 322 g/mol. The third kappa shape index (κ3) is 3.40. The minimum atomic E-state index is -0.744. The zero-order chi connectivity index (χ0) is 16.3. The number of ether oxygens (including phenoxy) is 2. The topological polar surface area (TPSA) is 98.9 Å². The Kier molecular flexibility index (Phi) is 4.71. The minimum Gasteiger partial charge on any atom is -0.497 e. The lowest BCUT2D eigenvalue weighted by molar-refractivity contribution is -0.127. The number of carbonyl (C=O) groups excluding carboxylic acids is 3. The summed E-state index contributed by atoms with van der Waals surface area (Å²) in [6, 6.07) is 5.09. The number of methoxy groups -OCH3 is 2. The highest BCUT2D eigenvalue weighted by Crippen LogP contribution is 2.33. The maximum absolute atomic E-state index is 12.1. The van der Waals surface area contributed by atoms with E-state index in [1.807, 2.05) is 0 Å². The molecule has 0 saturated carbocycles. The van der Waals surface area contributed by atoms with Crippen LogP contribution in [0.2, 0.25) is 0 Å². The molecule has 1 aliphatic rings. The Morgan fingerprint density at radius 2 is 1.82 bits per heavy atom. The highest BCUT2D eigenvalue weighted by atomic mass is 32.2. The first kappa shape index (κ1) is 15.9. The predicted molar refractivity (Wildman–Crippen MR) is 81.4 cm³/mol. The fourth-order valence-corrected chi connectivity index (χ4v) is 2.69. The summed E-state index contributed by atoms with van der Waals surface area (Å²) in [5.74, 6) is -0.175. The van der Waals surface area contributed by atoms with Crippen molar-refractivity contribution < 1.29 is 23.9 Å². The molecule has 8 heteroatoms. The minimum absolute atomic E-state index is 0.210. The van der Waals surface area contributed by atoms with Gasteiger partial charge in [0.05, 0.1) is 19.1 Å². The fourth-order valence-electron chi connectivity index (χ4n) is 1.86. The first-order chi connectivity index (χ1) is 10.4. The number of benzene rings is 1. The van der Waals surface area contributed by atoms with Crippen molar-refractivity contribution in [2.75, 3.05) is 20.8 Å². The predicted octanol–water partition coefficient (Wildman–Crippen LogP) is 1.23. The molecule has 2 rings (SSSR count). The van der Waals surface area contributed by atoms with Gasteiger partial charge in [0.15, 0.2) is 0 Å². The van der Waals surface area contributed by atoms with E-state index in [1.54, 1.807) is 18.2 Å². The standard InChI is InChI=1S/C14H14N2O5S/c1-20-9-3-8(4-10(6-9)21-2)5-11-13(18)16(7-12(15)17)14(19)22-11/h3-6H,7H2,1-2H3,(H2,15,17)/b11-5-. The molecular weight excluding hydrogens is 308 g/mol. The van der Waals surface area contributed by atoms with Crippen molar-refractivity contribution in [3.63, 3.8) is 0 Å². The molecule has 0 atom stereocenters. The van der Waals surface area contributed by atoms with E-state index < -0.39 is 23.6 Å². The van der Waals surface area contributed by atoms with E-state index in [0.717, 1.165) is 16.7 Å². The molecule has 116 valence electrons. The molecule has 0 bridgehead atoms. The molecular formula is C14H14N2O5S. The Morgan fingerprint density at radius 3 is 2.32 bits per heavy atom. The quantitative estimate of drug-likeness (QED) is 0.819. The molecule has 2 N–H and O–H groups in total. The smallest absolute Gasteiger partial charge is 0.294 e. The summed E-state index contributed by atoms with van der Waals surface area (Å²) < 4.78 is 10.3. The SMILES string of the molecule is COc1cc(/C=C2\SC(=O)N(CC(N)=O)C2=O)cc(OC)c1. The summed E-state index contributed by atoms with van der Waals surface area (Å²) in [6.07, 6.45) is 1.54. The van der Waals surface area contributed by atoms with Crippen molar-refractivity contribution in [2.24, 2.45) is 5.73 Å². The van der Waals surface area contributed by atoms with Crippen LogP contribution in [0.3, 0.4) is 0 Å². The summed E-state index contributed by atoms with van der Waals surface area (Å²) in [7, 11) is 3.03. The zero-order valence-electron chi connectivity index (χ0n) is 12.0. The van der Waals surface area contributed by atoms with Crippen molar-refractivity contribution in [1.29, 1.82) is 0 Å². The van der Waals surface area contributed by atoms with Crippen LogP contribution in [0.4, 0.5) is 4.79 Å². The van der Waals surface area contributed by atoms with E-state index in [4.69, 9.17) is 15.2 Å². The van der Waals surface area contributed by atoms with Crippen molar-refractivity contribution >= 4 is 34.9 Å². The first-order valence-electron chi connectivity index (χ1n) is 6.21. The maximum atomic E-state index is 12.1. The number of amides is 3. The number of nitrogens with two attached hydrogens (primary N) is 1. The van der Waals surface area contributed by atoms with Crippen molar-refractivity contribution in [3.05, 3.63) is 28.7 Å². The largest absolute Gasteiger partial charge is 0.497 e. The summed E-state index contributed by atoms with van der Waals surface area (Å²) in [5.41, 5.74) is 5.66. The Hall–Kier alpha value is -2.48. The molecule has 1 aromatic rings. The van der Waals surface area contributed by atoms with E-state index in [9.17, 15) is 14.4 Å². The molecule has 0 aromatic heterocycles. The van der Waals surface area contributed by atoms with Crippen LogP contribution < -0.4 is 15.2 Å². The van der Waals surface area contributed by atoms with E-state index in [0.29, 0.717) is 17.1 Å². The second-order valence-electron chi connectivity index (χ2n) is 4.38. The zero-order valence-corrected chi connectivity index (χ0v) is 12.8. The Balaban J connectivity index is 2.32. The maximum Gasteiger partial charge on any atom is 0.294 e. The molecule has 0 radical (unpaired) electrons. The summed E-state index contributed by atoms with van der Waals surface area (Å²) >= 11 is 0.755. The number of imide groups is 1. The number of thioether (sulfide) groups is 1. The van der Waals surface area contributed by atoms with Gasteiger partial charge in [-0.1, -0.05) is 0 Å². The lowest BCUT2D eigenvalue weighted by Crippen LogP contribution is -2.36. The van der Waals surface area contributed by atoms with Gasteiger partial charge < -0.3 is 15.2 Å². The molecule has 1 fully saturated rings. The van der Waals surface area contributed by atoms with Gasteiger partial charge in [0.1, 0.15) is 18.0 Å². The number of rotatable bonds is 5. The Labute approximate surface area is 131 Å². The lowest BCUT2D eigenvalue weighted by atomic mass is 10.2. The normalized spacial score (nSPS) is 16.3. The van der Waals surface area contributed by atoms with Gasteiger partial charge in [-0.2, -0.15) is 0 Å². The molecule has 1 saturated heterocycles. The van der Waals surface area contributed by atoms with E-state index in [1.165, 1.54) is 20.3 Å². The lowest BCUT2D eigenvalue weighted by Gasteiger charge is -2.08. The highest BCUT2D eigenvalue weighted by Gasteiger charge is 2.35. The van der Waals surface area contributed by atoms with Gasteiger partial charge >= 0.3 is 0 Å². The summed E-state index contributed by atoms with van der Waals surface area (Å²) in [6.45, 7) is -0.427. The number of hydrogen-bond acceptors (Lipinski definition) is 6. The molecule has 0 aliphatic carbocycles. The van der Waals surface area contributed by atoms with Crippen molar-refractivity contribution in [3.8, 4) is 11.5 Å². The number of hydrogen-bond donors (Lipinski definition) is 1. The van der Waals surface area contributed by atoms with Crippen LogP contribution in [0, 0.1) is 0 Å². The van der Waals surface area contributed by atoms with Gasteiger partial charge in [-0.25, -0.2) is 0 Å². The third-order valence-electron chi connectivity index (χ3n) is 2.86. The van der Waals surface area contributed by atoms with Crippen LogP contribution in [0.15, 0.2) is 23.1 Å². The molecule has 1 aromatic carbocycles. The summed E-state index contributed by atoms with van der Waals surface area (Å²) in [5, 5.41) is -0.523. The van der Waals surface area contributed by atoms with Crippen LogP contribution in [0.25, 0.3) is 6.08 Å². The molecule has 3 amide bonds. The Bertz CT molecular complexity index is 649. The van der Waals surface area contributed by atoms with Gasteiger partial charge in [0, 0.05) is 6.07 Å². The van der Waals surface area contributed by atoms with Crippen LogP contribution in [-0.4, -0.2) is 42.7 Å². The van der Waals surface area contributed by atoms with Crippen LogP contribution in [0.1, 0.15) is 5.56 Å². The first-order valence-corrected chi connectivity index (χ1v) is 7.03. The van der Waals surface area contributed by atoms with Gasteiger partial charge in [-0.15, -0.1) is 0 Å². The number of carbonyl (C=O) groups is 3. The van der Waals surface area contributed by atoms with Crippen molar-refractivity contribution in [2.45, 2.75) is 0 Å². The second kappa shape index (κ2) is 6.52. The highest BCUT2D eigenvalue weighted by molar-refractivity contribution is 8.18. The molecule has 1 aliphatic heterocycles.